The van der Waals surface area contributed by atoms with Crippen molar-refractivity contribution in [2.24, 2.45) is 9.98 Å². The van der Waals surface area contributed by atoms with Gasteiger partial charge in [-0.05, 0) is 171 Å². The van der Waals surface area contributed by atoms with Crippen LogP contribution in [-0.2, 0) is 22.4 Å². The minimum atomic E-state index is -0.359. The molecule has 0 amide bonds. The number of rotatable bonds is 13. The van der Waals surface area contributed by atoms with Crippen LogP contribution < -0.4 is 9.47 Å². The lowest BCUT2D eigenvalue weighted by Gasteiger charge is -2.19. The van der Waals surface area contributed by atoms with Crippen molar-refractivity contribution >= 4 is 57.1 Å². The summed E-state index contributed by atoms with van der Waals surface area (Å²) in [6.45, 7) is 21.0. The van der Waals surface area contributed by atoms with E-state index < -0.39 is 0 Å². The van der Waals surface area contributed by atoms with Crippen LogP contribution in [0.3, 0.4) is 0 Å². The second-order valence-electron chi connectivity index (χ2n) is 17.2. The second kappa shape index (κ2) is 18.1. The molecule has 2 aliphatic heterocycles. The normalized spacial score (nSPS) is 15.3. The Bertz CT molecular complexity index is 2880. The third-order valence-electron chi connectivity index (χ3n) is 13.3. The van der Waals surface area contributed by atoms with Crippen molar-refractivity contribution < 1.29 is 19.1 Å². The lowest BCUT2D eigenvalue weighted by Crippen LogP contribution is -2.12. The van der Waals surface area contributed by atoms with E-state index in [-0.39, 0.29) is 24.8 Å². The highest BCUT2D eigenvalue weighted by Gasteiger charge is 2.25. The monoisotopic (exact) mass is 850 g/mol. The van der Waals surface area contributed by atoms with Gasteiger partial charge in [0.2, 0.25) is 0 Å². The third kappa shape index (κ3) is 8.37. The van der Waals surface area contributed by atoms with E-state index >= 15 is 0 Å². The zero-order chi connectivity index (χ0) is 45.4. The van der Waals surface area contributed by atoms with Crippen molar-refractivity contribution in [1.82, 2.24) is 9.97 Å². The molecule has 8 nitrogen and oxygen atoms in total. The number of nitrogens with zero attached hydrogens (tertiary/aromatic N) is 2. The first-order valence-electron chi connectivity index (χ1n) is 22.5. The molecule has 0 saturated carbocycles. The van der Waals surface area contributed by atoms with Gasteiger partial charge in [-0.15, -0.1) is 0 Å². The highest BCUT2D eigenvalue weighted by atomic mass is 16.5. The molecule has 4 heterocycles. The van der Waals surface area contributed by atoms with Gasteiger partial charge in [0.15, 0.2) is 0 Å². The van der Waals surface area contributed by atoms with E-state index in [1.165, 1.54) is 33.6 Å². The number of esters is 2. The molecule has 64 heavy (non-hydrogen) atoms. The average Bonchev–Trinajstić information content (AvgIpc) is 3.91. The second-order valence-corrected chi connectivity index (χ2v) is 17.2. The number of carbonyl (C=O) groups is 2. The highest BCUT2D eigenvalue weighted by Crippen LogP contribution is 2.46. The summed E-state index contributed by atoms with van der Waals surface area (Å²) in [5.74, 6) is 0.0898. The number of fused-ring (bicyclic) bond motifs is 2. The number of H-pyrrole nitrogens is 2. The topological polar surface area (TPSA) is 109 Å². The molecule has 2 N–H and O–H groups in total. The van der Waals surface area contributed by atoms with Gasteiger partial charge in [0.25, 0.3) is 0 Å². The molecule has 6 aromatic rings. The lowest BCUT2D eigenvalue weighted by molar-refractivity contribution is -0.135. The van der Waals surface area contributed by atoms with Crippen LogP contribution in [-0.4, -0.2) is 33.3 Å². The van der Waals surface area contributed by atoms with Gasteiger partial charge in [-0.25, -0.2) is 0 Å². The minimum absolute atomic E-state index is 0.163. The van der Waals surface area contributed by atoms with Crippen molar-refractivity contribution in [3.05, 3.63) is 152 Å². The van der Waals surface area contributed by atoms with E-state index in [1.807, 2.05) is 86.6 Å². The lowest BCUT2D eigenvalue weighted by atomic mass is 9.92. The van der Waals surface area contributed by atoms with Crippen LogP contribution in [0.2, 0.25) is 0 Å². The molecule has 0 radical (unpaired) electrons. The number of hydrogen-bond acceptors (Lipinski definition) is 6. The largest absolute Gasteiger partial charge is 0.426 e. The molecule has 326 valence electrons. The molecular formula is C56H58N4O4. The Morgan fingerprint density at radius 1 is 0.547 bits per heavy atom. The number of allylic oxidation sites excluding steroid dienone is 4. The predicted octanol–water partition coefficient (Wildman–Crippen LogP) is 13.7. The van der Waals surface area contributed by atoms with E-state index in [4.69, 9.17) is 19.5 Å². The van der Waals surface area contributed by atoms with Crippen LogP contribution in [0.4, 0.5) is 0 Å². The Morgan fingerprint density at radius 2 is 0.938 bits per heavy atom. The third-order valence-corrected chi connectivity index (χ3v) is 13.3. The van der Waals surface area contributed by atoms with Crippen molar-refractivity contribution in [1.29, 1.82) is 0 Å². The number of ether oxygens (including phenoxy) is 2. The Hall–Kier alpha value is -6.80. The summed E-state index contributed by atoms with van der Waals surface area (Å²) in [5.41, 5.74) is 18.9. The molecule has 0 saturated heterocycles. The molecule has 2 aliphatic rings. The maximum Gasteiger partial charge on any atom is 0.311 e. The summed E-state index contributed by atoms with van der Waals surface area (Å²) in [6.07, 6.45) is 7.47. The molecule has 2 aromatic heterocycles. The van der Waals surface area contributed by atoms with Gasteiger partial charge < -0.3 is 19.4 Å². The number of aromatic amines is 2. The molecule has 0 aliphatic carbocycles. The highest BCUT2D eigenvalue weighted by molar-refractivity contribution is 6.11. The molecule has 0 spiro atoms. The number of hydrogen-bond donors (Lipinski definition) is 2. The maximum absolute atomic E-state index is 13.9. The van der Waals surface area contributed by atoms with Gasteiger partial charge in [0.1, 0.15) is 11.5 Å². The van der Waals surface area contributed by atoms with Gasteiger partial charge in [0, 0.05) is 45.3 Å². The number of nitrogens with one attached hydrogen (secondary N) is 2. The molecule has 0 bridgehead atoms. The van der Waals surface area contributed by atoms with Crippen molar-refractivity contribution in [2.75, 3.05) is 0 Å². The van der Waals surface area contributed by atoms with Crippen molar-refractivity contribution in [3.63, 3.8) is 0 Å². The zero-order valence-corrected chi connectivity index (χ0v) is 38.9. The molecule has 8 heteroatoms. The summed E-state index contributed by atoms with van der Waals surface area (Å²) in [4.78, 5) is 44.8. The van der Waals surface area contributed by atoms with E-state index in [2.05, 4.69) is 77.5 Å². The molecule has 0 fully saturated rings. The van der Waals surface area contributed by atoms with Crippen LogP contribution in [0.25, 0.3) is 44.8 Å². The first-order chi connectivity index (χ1) is 30.8. The first kappa shape index (κ1) is 43.8. The summed E-state index contributed by atoms with van der Waals surface area (Å²) >= 11 is 0. The fourth-order valence-corrected chi connectivity index (χ4v) is 9.78. The average molecular weight is 851 g/mol. The fourth-order valence-electron chi connectivity index (χ4n) is 9.78. The standard InChI is InChI=1S/C56H58N4O4/c1-11-41-31(3)47(57-35(41)7)29-49-33(5)43(37(9)59-49)23-27-53(61)63-51-25-21-39-17-13-15-19-45(39)55(51)56-46-20-16-14-18-40(46)22-26-52(56)64-54(62)28-24-44-34(6)50(60-38(44)10)30-48-32(4)42(12-2)36(8)58-48/h13-22,25-26,29-30,57-58H,11-12,23-24,27-28H2,1-10H3. The summed E-state index contributed by atoms with van der Waals surface area (Å²) < 4.78 is 12.7. The first-order valence-corrected chi connectivity index (χ1v) is 22.5. The summed E-state index contributed by atoms with van der Waals surface area (Å²) in [5, 5.41) is 3.70. The van der Waals surface area contributed by atoms with Crippen LogP contribution >= 0.6 is 0 Å². The van der Waals surface area contributed by atoms with Crippen molar-refractivity contribution in [2.45, 2.75) is 108 Å². The Kier molecular flexibility index (Phi) is 12.4. The van der Waals surface area contributed by atoms with Crippen LogP contribution in [0.5, 0.6) is 11.5 Å². The predicted molar refractivity (Wildman–Crippen MR) is 263 cm³/mol. The van der Waals surface area contributed by atoms with E-state index in [0.717, 1.165) is 90.9 Å². The minimum Gasteiger partial charge on any atom is -0.426 e. The fraction of sp³-hybridized carbons (Fsp3) is 0.286. The Balaban J connectivity index is 1.06. The zero-order valence-electron chi connectivity index (χ0n) is 38.9. The number of aliphatic imine (C=N–C) groups is 2. The van der Waals surface area contributed by atoms with E-state index in [9.17, 15) is 9.59 Å². The molecular weight excluding hydrogens is 793 g/mol. The van der Waals surface area contributed by atoms with Gasteiger partial charge in [-0.1, -0.05) is 74.5 Å². The number of aryl methyl sites for hydroxylation is 2. The quantitative estimate of drug-likeness (QED) is 0.0891. The van der Waals surface area contributed by atoms with E-state index in [1.54, 1.807) is 0 Å². The molecule has 8 rings (SSSR count). The molecule has 0 unspecified atom stereocenters. The summed E-state index contributed by atoms with van der Waals surface area (Å²) in [6, 6.07) is 23.7. The summed E-state index contributed by atoms with van der Waals surface area (Å²) in [7, 11) is 0. The number of benzene rings is 4. The Labute approximate surface area is 376 Å². The van der Waals surface area contributed by atoms with Crippen LogP contribution in [0.15, 0.2) is 116 Å². The van der Waals surface area contributed by atoms with Crippen molar-refractivity contribution in [3.8, 4) is 22.6 Å². The van der Waals surface area contributed by atoms with Gasteiger partial charge >= 0.3 is 11.9 Å². The smallest absolute Gasteiger partial charge is 0.311 e. The van der Waals surface area contributed by atoms with Gasteiger partial charge in [-0.2, -0.15) is 0 Å². The van der Waals surface area contributed by atoms with E-state index in [0.29, 0.717) is 35.5 Å². The van der Waals surface area contributed by atoms with Crippen LogP contribution in [0, 0.1) is 27.7 Å². The SMILES string of the molecule is CCc1c(C)[nH]c(C=C2N=C(C)C(CCC(=O)Oc3ccc4ccccc4c3-c3c(OC(=O)CCC4=C(C)C(=Cc5[nH]c(C)c(CC)c5C)N=C4C)ccc4ccccc34)=C2C)c1C. The number of aromatic nitrogens is 2. The Morgan fingerprint density at radius 3 is 1.31 bits per heavy atom. The molecule has 0 atom stereocenters. The molecule has 4 aromatic carbocycles. The maximum atomic E-state index is 13.9. The van der Waals surface area contributed by atoms with Crippen LogP contribution in [0.1, 0.15) is 112 Å². The number of carbonyl (C=O) groups excluding carboxylic acids is 2. The van der Waals surface area contributed by atoms with Gasteiger partial charge in [0.05, 0.1) is 24.2 Å². The van der Waals surface area contributed by atoms with Gasteiger partial charge in [-0.3, -0.25) is 19.6 Å².